The van der Waals surface area contributed by atoms with E-state index in [1.165, 1.54) is 0 Å². The Kier molecular flexibility index (Phi) is 9.91. The van der Waals surface area contributed by atoms with E-state index in [0.717, 1.165) is 17.0 Å². The number of allylic oxidation sites excluding steroid dienone is 1. The molecule has 5 heteroatoms. The lowest BCUT2D eigenvalue weighted by Gasteiger charge is -2.09. The lowest BCUT2D eigenvalue weighted by Crippen LogP contribution is -2.13. The van der Waals surface area contributed by atoms with Crippen LogP contribution in [0.25, 0.3) is 0 Å². The Labute approximate surface area is 138 Å². The lowest BCUT2D eigenvalue weighted by molar-refractivity contribution is 0.0464. The minimum absolute atomic E-state index is 0.140. The first kappa shape index (κ1) is 19.3. The van der Waals surface area contributed by atoms with Crippen molar-refractivity contribution in [3.05, 3.63) is 42.5 Å². The molecule has 0 heterocycles. The number of ether oxygens (including phenoxy) is 2. The Bertz CT molecular complexity index is 472. The molecule has 0 fully saturated rings. The van der Waals surface area contributed by atoms with E-state index in [4.69, 9.17) is 9.47 Å². The second kappa shape index (κ2) is 11.8. The van der Waals surface area contributed by atoms with Gasteiger partial charge in [0.05, 0.1) is 32.1 Å². The molecule has 1 rings (SSSR count). The molecule has 0 amide bonds. The molecule has 0 atom stereocenters. The van der Waals surface area contributed by atoms with Gasteiger partial charge in [0.25, 0.3) is 0 Å². The summed E-state index contributed by atoms with van der Waals surface area (Å²) >= 11 is 0. The Balaban J connectivity index is 2.30. The molecule has 0 radical (unpaired) electrons. The summed E-state index contributed by atoms with van der Waals surface area (Å²) in [6.07, 6.45) is 1.78. The SMILES string of the molecule is C=CC(=NC(C)C)c1ccc(NCCOCCOCCF)cc1. The van der Waals surface area contributed by atoms with Crippen LogP contribution in [0.5, 0.6) is 0 Å². The third-order valence-electron chi connectivity index (χ3n) is 2.94. The highest BCUT2D eigenvalue weighted by molar-refractivity contribution is 6.08. The predicted octanol–water partition coefficient (Wildman–Crippen LogP) is 3.48. The number of halogens is 1. The molecular weight excluding hydrogens is 295 g/mol. The van der Waals surface area contributed by atoms with E-state index in [1.807, 2.05) is 38.1 Å². The van der Waals surface area contributed by atoms with E-state index in [1.54, 1.807) is 6.08 Å². The number of benzene rings is 1. The van der Waals surface area contributed by atoms with Crippen LogP contribution in [0.1, 0.15) is 19.4 Å². The summed E-state index contributed by atoms with van der Waals surface area (Å²) in [6.45, 7) is 9.78. The smallest absolute Gasteiger partial charge is 0.113 e. The van der Waals surface area contributed by atoms with Crippen molar-refractivity contribution in [2.24, 2.45) is 4.99 Å². The number of hydrogen-bond acceptors (Lipinski definition) is 4. The third-order valence-corrected chi connectivity index (χ3v) is 2.94. The summed E-state index contributed by atoms with van der Waals surface area (Å²) < 4.78 is 22.1. The number of rotatable bonds is 12. The van der Waals surface area contributed by atoms with Crippen LogP contribution in [0.3, 0.4) is 0 Å². The topological polar surface area (TPSA) is 42.9 Å². The normalized spacial score (nSPS) is 11.7. The van der Waals surface area contributed by atoms with E-state index >= 15 is 0 Å². The lowest BCUT2D eigenvalue weighted by atomic mass is 10.1. The van der Waals surface area contributed by atoms with Gasteiger partial charge in [-0.25, -0.2) is 4.39 Å². The highest BCUT2D eigenvalue weighted by atomic mass is 19.1. The Morgan fingerprint density at radius 2 is 1.83 bits per heavy atom. The Hall–Kier alpha value is -1.72. The largest absolute Gasteiger partial charge is 0.383 e. The minimum Gasteiger partial charge on any atom is -0.383 e. The predicted molar refractivity (Wildman–Crippen MR) is 94.4 cm³/mol. The molecule has 0 saturated carbocycles. The highest BCUT2D eigenvalue weighted by Gasteiger charge is 2.01. The number of alkyl halides is 1. The maximum absolute atomic E-state index is 11.8. The summed E-state index contributed by atoms with van der Waals surface area (Å²) in [4.78, 5) is 4.54. The van der Waals surface area contributed by atoms with Gasteiger partial charge in [0.1, 0.15) is 6.67 Å². The number of hydrogen-bond donors (Lipinski definition) is 1. The molecule has 0 bridgehead atoms. The van der Waals surface area contributed by atoms with Crippen molar-refractivity contribution in [3.8, 4) is 0 Å². The van der Waals surface area contributed by atoms with Crippen molar-refractivity contribution < 1.29 is 13.9 Å². The highest BCUT2D eigenvalue weighted by Crippen LogP contribution is 2.11. The van der Waals surface area contributed by atoms with Crippen LogP contribution < -0.4 is 5.32 Å². The van der Waals surface area contributed by atoms with Gasteiger partial charge >= 0.3 is 0 Å². The van der Waals surface area contributed by atoms with Crippen molar-refractivity contribution in [1.29, 1.82) is 0 Å². The monoisotopic (exact) mass is 322 g/mol. The fourth-order valence-corrected chi connectivity index (χ4v) is 1.93. The zero-order valence-electron chi connectivity index (χ0n) is 14.1. The van der Waals surface area contributed by atoms with E-state index in [0.29, 0.717) is 26.4 Å². The second-order valence-electron chi connectivity index (χ2n) is 5.23. The quantitative estimate of drug-likeness (QED) is 0.473. The van der Waals surface area contributed by atoms with Crippen LogP contribution >= 0.6 is 0 Å². The summed E-state index contributed by atoms with van der Waals surface area (Å²) in [5.74, 6) is 0. The van der Waals surface area contributed by atoms with E-state index < -0.39 is 6.67 Å². The summed E-state index contributed by atoms with van der Waals surface area (Å²) in [7, 11) is 0. The van der Waals surface area contributed by atoms with Crippen LogP contribution in [0.4, 0.5) is 10.1 Å². The third kappa shape index (κ3) is 8.47. The molecule has 0 spiro atoms. The van der Waals surface area contributed by atoms with Gasteiger partial charge in [-0.3, -0.25) is 4.99 Å². The molecule has 0 unspecified atom stereocenters. The van der Waals surface area contributed by atoms with Crippen LogP contribution in [0.15, 0.2) is 41.9 Å². The molecule has 0 aliphatic rings. The zero-order valence-corrected chi connectivity index (χ0v) is 14.1. The molecule has 0 aromatic heterocycles. The van der Waals surface area contributed by atoms with E-state index in [9.17, 15) is 4.39 Å². The maximum Gasteiger partial charge on any atom is 0.113 e. The standard InChI is InChI=1S/C18H27FN2O2/c1-4-18(21-15(2)3)16-5-7-17(8-6-16)20-10-12-23-14-13-22-11-9-19/h4-8,15,20H,1,9-14H2,2-3H3. The van der Waals surface area contributed by atoms with Crippen LogP contribution in [-0.4, -0.2) is 51.4 Å². The number of nitrogens with zero attached hydrogens (tertiary/aromatic N) is 1. The molecule has 1 aromatic carbocycles. The fourth-order valence-electron chi connectivity index (χ4n) is 1.93. The summed E-state index contributed by atoms with van der Waals surface area (Å²) in [5, 5.41) is 3.28. The van der Waals surface area contributed by atoms with Gasteiger partial charge in [-0.1, -0.05) is 18.7 Å². The van der Waals surface area contributed by atoms with E-state index in [-0.39, 0.29) is 12.6 Å². The minimum atomic E-state index is -0.451. The van der Waals surface area contributed by atoms with Crippen LogP contribution in [0, 0.1) is 0 Å². The number of nitrogens with one attached hydrogen (secondary N) is 1. The Morgan fingerprint density at radius 1 is 1.17 bits per heavy atom. The molecule has 128 valence electrons. The van der Waals surface area contributed by atoms with Crippen molar-refractivity contribution in [2.45, 2.75) is 19.9 Å². The van der Waals surface area contributed by atoms with Gasteiger partial charge in [0.2, 0.25) is 0 Å². The van der Waals surface area contributed by atoms with Crippen molar-refractivity contribution in [1.82, 2.24) is 0 Å². The average Bonchev–Trinajstić information content (AvgIpc) is 2.55. The number of aliphatic imine (C=N–C) groups is 1. The van der Waals surface area contributed by atoms with Gasteiger partial charge in [0.15, 0.2) is 0 Å². The van der Waals surface area contributed by atoms with Gasteiger partial charge < -0.3 is 14.8 Å². The Morgan fingerprint density at radius 3 is 2.39 bits per heavy atom. The molecule has 0 saturated heterocycles. The average molecular weight is 322 g/mol. The van der Waals surface area contributed by atoms with Gasteiger partial charge in [-0.15, -0.1) is 0 Å². The van der Waals surface area contributed by atoms with E-state index in [2.05, 4.69) is 16.9 Å². The molecule has 23 heavy (non-hydrogen) atoms. The van der Waals surface area contributed by atoms with Crippen LogP contribution in [-0.2, 0) is 9.47 Å². The van der Waals surface area contributed by atoms with Gasteiger partial charge in [-0.2, -0.15) is 0 Å². The van der Waals surface area contributed by atoms with Crippen molar-refractivity contribution >= 4 is 11.4 Å². The second-order valence-corrected chi connectivity index (χ2v) is 5.23. The molecule has 4 nitrogen and oxygen atoms in total. The molecular formula is C18H27FN2O2. The van der Waals surface area contributed by atoms with Gasteiger partial charge in [0, 0.05) is 18.3 Å². The molecule has 0 aliphatic heterocycles. The first-order valence-corrected chi connectivity index (χ1v) is 7.93. The number of anilines is 1. The molecule has 0 aliphatic carbocycles. The van der Waals surface area contributed by atoms with Crippen LogP contribution in [0.2, 0.25) is 0 Å². The fraction of sp³-hybridized carbons (Fsp3) is 0.500. The maximum atomic E-state index is 11.8. The first-order valence-electron chi connectivity index (χ1n) is 7.93. The zero-order chi connectivity index (χ0) is 16.9. The molecule has 1 aromatic rings. The molecule has 1 N–H and O–H groups in total. The first-order chi connectivity index (χ1) is 11.2. The summed E-state index contributed by atoms with van der Waals surface area (Å²) in [5.41, 5.74) is 2.99. The van der Waals surface area contributed by atoms with Crippen molar-refractivity contribution in [2.75, 3.05) is 45.0 Å². The van der Waals surface area contributed by atoms with Crippen molar-refractivity contribution in [3.63, 3.8) is 0 Å². The van der Waals surface area contributed by atoms with Gasteiger partial charge in [-0.05, 0) is 37.6 Å². The summed E-state index contributed by atoms with van der Waals surface area (Å²) in [6, 6.07) is 8.32.